The van der Waals surface area contributed by atoms with Crippen molar-refractivity contribution < 1.29 is 27.2 Å². The fourth-order valence-electron chi connectivity index (χ4n) is 2.90. The van der Waals surface area contributed by atoms with E-state index in [1.807, 2.05) is 0 Å². The summed E-state index contributed by atoms with van der Waals surface area (Å²) in [6.45, 7) is 2.30. The molecule has 174 valence electrons. The van der Waals surface area contributed by atoms with Gasteiger partial charge in [-0.15, -0.1) is 0 Å². The van der Waals surface area contributed by atoms with Gasteiger partial charge in [0, 0.05) is 18.3 Å². The van der Waals surface area contributed by atoms with Gasteiger partial charge in [0.25, 0.3) is 5.91 Å². The number of H-pyrrole nitrogens is 1. The van der Waals surface area contributed by atoms with Crippen LogP contribution in [0.5, 0.6) is 0 Å². The summed E-state index contributed by atoms with van der Waals surface area (Å²) in [5.74, 6) is -2.31. The minimum Gasteiger partial charge on any atom is -0.356 e. The topological polar surface area (TPSA) is 112 Å². The van der Waals surface area contributed by atoms with E-state index >= 15 is 0 Å². The van der Waals surface area contributed by atoms with Crippen molar-refractivity contribution in [3.63, 3.8) is 0 Å². The van der Waals surface area contributed by atoms with Crippen molar-refractivity contribution in [2.45, 2.75) is 38.9 Å². The molecular weight excluding hydrogens is 432 g/mol. The molecule has 0 aliphatic heterocycles. The van der Waals surface area contributed by atoms with Gasteiger partial charge in [0.15, 0.2) is 17.5 Å². The Morgan fingerprint density at radius 2 is 1.97 bits per heavy atom. The lowest BCUT2D eigenvalue weighted by Crippen LogP contribution is -2.46. The maximum atomic E-state index is 14.3. The van der Waals surface area contributed by atoms with Crippen LogP contribution >= 0.6 is 0 Å². The minimum absolute atomic E-state index is 0.0737. The number of carbonyl (C=O) groups excluding carboxylic acids is 2. The summed E-state index contributed by atoms with van der Waals surface area (Å²) >= 11 is 0. The highest BCUT2D eigenvalue weighted by Gasteiger charge is 2.31. The number of alkyl halides is 3. The quantitative estimate of drug-likeness (QED) is 0.434. The van der Waals surface area contributed by atoms with E-state index in [1.165, 1.54) is 12.3 Å². The summed E-state index contributed by atoms with van der Waals surface area (Å²) in [6.07, 6.45) is -0.00188. The SMILES string of the molecule is CC(C)C(Nc1nc(-c2c[nH]c(C(=O)NCC3CC3)c2)ncc1F)C(=O)NCC(F)(F)F. The lowest BCUT2D eigenvalue weighted by Gasteiger charge is -2.23. The van der Waals surface area contributed by atoms with Gasteiger partial charge in [-0.3, -0.25) is 9.59 Å². The minimum atomic E-state index is -4.57. The Balaban J connectivity index is 1.73. The van der Waals surface area contributed by atoms with Crippen molar-refractivity contribution in [3.05, 3.63) is 30.0 Å². The number of aromatic nitrogens is 3. The molecule has 0 bridgehead atoms. The number of nitrogens with zero attached hydrogens (tertiary/aromatic N) is 2. The number of halogens is 4. The van der Waals surface area contributed by atoms with E-state index in [-0.39, 0.29) is 23.2 Å². The van der Waals surface area contributed by atoms with Gasteiger partial charge in [-0.2, -0.15) is 13.2 Å². The molecule has 2 aromatic rings. The summed E-state index contributed by atoms with van der Waals surface area (Å²) in [7, 11) is 0. The first-order valence-corrected chi connectivity index (χ1v) is 10.1. The molecule has 0 saturated heterocycles. The van der Waals surface area contributed by atoms with Gasteiger partial charge in [-0.1, -0.05) is 13.8 Å². The third-order valence-electron chi connectivity index (χ3n) is 4.88. The standard InChI is InChI=1S/C20H24F4N6O2/c1-10(2)15(19(32)28-9-20(22,23)24)29-17-13(21)8-26-16(30-17)12-5-14(25-7-12)18(31)27-6-11-3-4-11/h5,7-8,10-11,15,25H,3-4,6,9H2,1-2H3,(H,27,31)(H,28,32)(H,26,29,30). The van der Waals surface area contributed by atoms with Crippen molar-refractivity contribution >= 4 is 17.6 Å². The van der Waals surface area contributed by atoms with Crippen LogP contribution in [0.3, 0.4) is 0 Å². The highest BCUT2D eigenvalue weighted by Crippen LogP contribution is 2.27. The Bertz CT molecular complexity index is 971. The number of hydrogen-bond donors (Lipinski definition) is 4. The van der Waals surface area contributed by atoms with Crippen molar-refractivity contribution in [1.29, 1.82) is 0 Å². The Hall–Kier alpha value is -3.18. The second kappa shape index (κ2) is 9.53. The summed E-state index contributed by atoms with van der Waals surface area (Å²) in [5.41, 5.74) is 0.696. The van der Waals surface area contributed by atoms with Crippen molar-refractivity contribution in [2.75, 3.05) is 18.4 Å². The molecule has 0 spiro atoms. The van der Waals surface area contributed by atoms with Crippen LogP contribution in [-0.4, -0.2) is 52.1 Å². The fourth-order valence-corrected chi connectivity index (χ4v) is 2.90. The maximum Gasteiger partial charge on any atom is 0.405 e. The second-order valence-corrected chi connectivity index (χ2v) is 8.04. The first-order chi connectivity index (χ1) is 15.0. The first kappa shape index (κ1) is 23.5. The number of nitrogens with one attached hydrogen (secondary N) is 4. The van der Waals surface area contributed by atoms with Crippen LogP contribution in [0.15, 0.2) is 18.5 Å². The van der Waals surface area contributed by atoms with Gasteiger partial charge in [-0.05, 0) is 30.7 Å². The Morgan fingerprint density at radius 3 is 2.59 bits per heavy atom. The first-order valence-electron chi connectivity index (χ1n) is 10.1. The molecule has 2 heterocycles. The van der Waals surface area contributed by atoms with Gasteiger partial charge in [0.2, 0.25) is 5.91 Å². The van der Waals surface area contributed by atoms with Gasteiger partial charge in [0.05, 0.1) is 6.20 Å². The Labute approximate surface area is 181 Å². The number of carbonyl (C=O) groups is 2. The van der Waals surface area contributed by atoms with Crippen molar-refractivity contribution in [1.82, 2.24) is 25.6 Å². The molecule has 2 aromatic heterocycles. The molecule has 1 atom stereocenters. The lowest BCUT2D eigenvalue weighted by atomic mass is 10.0. The zero-order valence-electron chi connectivity index (χ0n) is 17.5. The second-order valence-electron chi connectivity index (χ2n) is 8.04. The lowest BCUT2D eigenvalue weighted by molar-refractivity contribution is -0.139. The van der Waals surface area contributed by atoms with Crippen LogP contribution < -0.4 is 16.0 Å². The van der Waals surface area contributed by atoms with E-state index in [0.29, 0.717) is 18.0 Å². The molecular formula is C20H24F4N6O2. The zero-order valence-corrected chi connectivity index (χ0v) is 17.5. The number of amides is 2. The molecule has 0 radical (unpaired) electrons. The molecule has 0 aromatic carbocycles. The predicted molar refractivity (Wildman–Crippen MR) is 108 cm³/mol. The molecule has 2 amide bonds. The predicted octanol–water partition coefficient (Wildman–Crippen LogP) is 2.87. The van der Waals surface area contributed by atoms with Gasteiger partial charge < -0.3 is 20.9 Å². The smallest absolute Gasteiger partial charge is 0.356 e. The van der Waals surface area contributed by atoms with E-state index in [1.54, 1.807) is 19.2 Å². The highest BCUT2D eigenvalue weighted by molar-refractivity contribution is 5.93. The molecule has 32 heavy (non-hydrogen) atoms. The average Bonchev–Trinajstić information content (AvgIpc) is 3.42. The van der Waals surface area contributed by atoms with Crippen molar-refractivity contribution in [2.24, 2.45) is 11.8 Å². The normalized spacial score (nSPS) is 14.8. The molecule has 1 aliphatic rings. The summed E-state index contributed by atoms with van der Waals surface area (Å²) in [5, 5.41) is 7.17. The van der Waals surface area contributed by atoms with Crippen LogP contribution in [-0.2, 0) is 4.79 Å². The van der Waals surface area contributed by atoms with Crippen LogP contribution in [0.4, 0.5) is 23.4 Å². The highest BCUT2D eigenvalue weighted by atomic mass is 19.4. The molecule has 12 heteroatoms. The van der Waals surface area contributed by atoms with E-state index in [2.05, 4.69) is 25.6 Å². The molecule has 1 saturated carbocycles. The average molecular weight is 456 g/mol. The largest absolute Gasteiger partial charge is 0.405 e. The third kappa shape index (κ3) is 6.41. The summed E-state index contributed by atoms with van der Waals surface area (Å²) < 4.78 is 51.5. The number of aromatic amines is 1. The van der Waals surface area contributed by atoms with E-state index in [0.717, 1.165) is 19.0 Å². The summed E-state index contributed by atoms with van der Waals surface area (Å²) in [6, 6.07) is 0.347. The number of anilines is 1. The third-order valence-corrected chi connectivity index (χ3v) is 4.88. The zero-order chi connectivity index (χ0) is 23.5. The molecule has 1 fully saturated rings. The molecule has 1 aliphatic carbocycles. The van der Waals surface area contributed by atoms with Gasteiger partial charge in [-0.25, -0.2) is 14.4 Å². The monoisotopic (exact) mass is 456 g/mol. The number of rotatable bonds is 9. The van der Waals surface area contributed by atoms with Crippen molar-refractivity contribution in [3.8, 4) is 11.4 Å². The molecule has 8 nitrogen and oxygen atoms in total. The maximum absolute atomic E-state index is 14.3. The van der Waals surface area contributed by atoms with E-state index in [4.69, 9.17) is 0 Å². The van der Waals surface area contributed by atoms with Crippen LogP contribution in [0, 0.1) is 17.7 Å². The van der Waals surface area contributed by atoms with Gasteiger partial charge in [0.1, 0.15) is 18.3 Å². The fraction of sp³-hybridized carbons (Fsp3) is 0.500. The van der Waals surface area contributed by atoms with E-state index < -0.39 is 36.4 Å². The molecule has 1 unspecified atom stereocenters. The molecule has 4 N–H and O–H groups in total. The van der Waals surface area contributed by atoms with Gasteiger partial charge >= 0.3 is 6.18 Å². The van der Waals surface area contributed by atoms with E-state index in [9.17, 15) is 27.2 Å². The van der Waals surface area contributed by atoms with Crippen LogP contribution in [0.1, 0.15) is 37.2 Å². The van der Waals surface area contributed by atoms with Crippen LogP contribution in [0.2, 0.25) is 0 Å². The Morgan fingerprint density at radius 1 is 1.25 bits per heavy atom. The Kier molecular flexibility index (Phi) is 6.99. The summed E-state index contributed by atoms with van der Waals surface area (Å²) in [4.78, 5) is 35.2. The number of hydrogen-bond acceptors (Lipinski definition) is 5. The van der Waals surface area contributed by atoms with Crippen LogP contribution in [0.25, 0.3) is 11.4 Å². The molecule has 3 rings (SSSR count).